The van der Waals surface area contributed by atoms with E-state index < -0.39 is 5.79 Å². The molecule has 3 aromatic rings. The minimum absolute atomic E-state index is 0.364. The van der Waals surface area contributed by atoms with E-state index in [4.69, 9.17) is 14.2 Å². The standard InChI is InChI=1S/C29H34N2O4S/c1-3-4-5-6-7-10-21-33-25-15-11-23(12-16-25)27-30-31-28(36-27)24-13-17-26(18-14-24)35-29(34-22(2)32)19-8-9-20-29/h8,11-19H,3-7,9-10,20-21H2,1-2H3/t29-/m0/s1. The Labute approximate surface area is 217 Å². The number of esters is 1. The first kappa shape index (κ1) is 25.9. The first-order valence-corrected chi connectivity index (χ1v) is 13.6. The maximum absolute atomic E-state index is 11.5. The minimum atomic E-state index is -1.02. The summed E-state index contributed by atoms with van der Waals surface area (Å²) >= 11 is 1.54. The van der Waals surface area contributed by atoms with Crippen LogP contribution in [0.25, 0.3) is 21.1 Å². The molecular formula is C29H34N2O4S. The summed E-state index contributed by atoms with van der Waals surface area (Å²) in [6.45, 7) is 4.39. The van der Waals surface area contributed by atoms with Crippen LogP contribution in [0.15, 0.2) is 60.7 Å². The van der Waals surface area contributed by atoms with Crippen molar-refractivity contribution in [3.05, 3.63) is 60.7 Å². The Morgan fingerprint density at radius 2 is 1.50 bits per heavy atom. The Morgan fingerprint density at radius 3 is 2.08 bits per heavy atom. The lowest BCUT2D eigenvalue weighted by molar-refractivity contribution is -0.179. The number of carbonyl (C=O) groups excluding carboxylic acids is 1. The van der Waals surface area contributed by atoms with E-state index in [1.54, 1.807) is 0 Å². The molecule has 0 saturated carbocycles. The van der Waals surface area contributed by atoms with Crippen molar-refractivity contribution < 1.29 is 19.0 Å². The van der Waals surface area contributed by atoms with Gasteiger partial charge in [0.2, 0.25) is 0 Å². The Balaban J connectivity index is 1.31. The van der Waals surface area contributed by atoms with Gasteiger partial charge in [-0.05, 0) is 67.4 Å². The van der Waals surface area contributed by atoms with Crippen molar-refractivity contribution in [3.8, 4) is 32.6 Å². The zero-order valence-electron chi connectivity index (χ0n) is 21.1. The van der Waals surface area contributed by atoms with Gasteiger partial charge in [0.1, 0.15) is 21.5 Å². The van der Waals surface area contributed by atoms with Gasteiger partial charge in [0.25, 0.3) is 5.79 Å². The molecule has 0 radical (unpaired) electrons. The highest BCUT2D eigenvalue weighted by atomic mass is 32.1. The highest BCUT2D eigenvalue weighted by molar-refractivity contribution is 7.17. The zero-order valence-corrected chi connectivity index (χ0v) is 21.9. The maximum atomic E-state index is 11.5. The lowest BCUT2D eigenvalue weighted by atomic mass is 10.1. The van der Waals surface area contributed by atoms with Gasteiger partial charge < -0.3 is 14.2 Å². The van der Waals surface area contributed by atoms with Crippen LogP contribution < -0.4 is 9.47 Å². The second-order valence-electron chi connectivity index (χ2n) is 9.03. The topological polar surface area (TPSA) is 70.5 Å². The number of unbranched alkanes of at least 4 members (excludes halogenated alkanes) is 5. The van der Waals surface area contributed by atoms with Crippen molar-refractivity contribution in [2.75, 3.05) is 6.61 Å². The van der Waals surface area contributed by atoms with E-state index in [2.05, 4.69) is 17.1 Å². The fourth-order valence-electron chi connectivity index (χ4n) is 4.15. The van der Waals surface area contributed by atoms with Crippen LogP contribution in [-0.2, 0) is 9.53 Å². The van der Waals surface area contributed by atoms with E-state index in [-0.39, 0.29) is 5.97 Å². The molecule has 1 aliphatic carbocycles. The molecule has 1 heterocycles. The fourth-order valence-corrected chi connectivity index (χ4v) is 5.01. The molecule has 4 rings (SSSR count). The number of aromatic nitrogens is 2. The molecule has 6 nitrogen and oxygen atoms in total. The highest BCUT2D eigenvalue weighted by Crippen LogP contribution is 2.34. The first-order valence-electron chi connectivity index (χ1n) is 12.8. The minimum Gasteiger partial charge on any atom is -0.494 e. The van der Waals surface area contributed by atoms with Gasteiger partial charge in [-0.15, -0.1) is 10.2 Å². The van der Waals surface area contributed by atoms with Crippen LogP contribution in [-0.4, -0.2) is 28.6 Å². The number of allylic oxidation sites excluding steroid dienone is 1. The van der Waals surface area contributed by atoms with E-state index in [0.717, 1.165) is 46.3 Å². The smallest absolute Gasteiger partial charge is 0.306 e. The predicted octanol–water partition coefficient (Wildman–Crippen LogP) is 7.60. The molecule has 7 heteroatoms. The van der Waals surface area contributed by atoms with E-state index >= 15 is 0 Å². The zero-order chi connectivity index (χ0) is 25.2. The van der Waals surface area contributed by atoms with Gasteiger partial charge in [-0.1, -0.05) is 56.4 Å². The number of rotatable bonds is 13. The van der Waals surface area contributed by atoms with Crippen LogP contribution >= 0.6 is 11.3 Å². The molecule has 190 valence electrons. The van der Waals surface area contributed by atoms with E-state index in [9.17, 15) is 4.79 Å². The van der Waals surface area contributed by atoms with Gasteiger partial charge in [-0.2, -0.15) is 0 Å². The Bertz CT molecular complexity index is 1140. The van der Waals surface area contributed by atoms with Crippen molar-refractivity contribution in [3.63, 3.8) is 0 Å². The Kier molecular flexibility index (Phi) is 9.11. The lowest BCUT2D eigenvalue weighted by Crippen LogP contribution is -2.36. The summed E-state index contributed by atoms with van der Waals surface area (Å²) in [5.74, 6) is 0.134. The molecule has 0 amide bonds. The van der Waals surface area contributed by atoms with Crippen LogP contribution in [0.1, 0.15) is 65.2 Å². The van der Waals surface area contributed by atoms with Gasteiger partial charge in [0, 0.05) is 24.5 Å². The number of hydrogen-bond donors (Lipinski definition) is 0. The van der Waals surface area contributed by atoms with E-state index in [0.29, 0.717) is 12.2 Å². The van der Waals surface area contributed by atoms with Crippen molar-refractivity contribution in [1.29, 1.82) is 0 Å². The van der Waals surface area contributed by atoms with Crippen LogP contribution in [0, 0.1) is 0 Å². The largest absolute Gasteiger partial charge is 0.494 e. The average Bonchev–Trinajstić information content (AvgIpc) is 3.54. The summed E-state index contributed by atoms with van der Waals surface area (Å²) < 4.78 is 17.4. The number of ether oxygens (including phenoxy) is 3. The summed E-state index contributed by atoms with van der Waals surface area (Å²) in [7, 11) is 0. The Hall–Kier alpha value is -3.19. The number of hydrogen-bond acceptors (Lipinski definition) is 7. The van der Waals surface area contributed by atoms with Gasteiger partial charge in [0.15, 0.2) is 0 Å². The Morgan fingerprint density at radius 1 is 0.889 bits per heavy atom. The van der Waals surface area contributed by atoms with Gasteiger partial charge in [-0.3, -0.25) is 4.79 Å². The molecule has 0 spiro atoms. The summed E-state index contributed by atoms with van der Waals surface area (Å²) in [4.78, 5) is 11.5. The van der Waals surface area contributed by atoms with E-state index in [1.807, 2.05) is 60.7 Å². The maximum Gasteiger partial charge on any atom is 0.306 e. The molecule has 0 saturated heterocycles. The molecule has 36 heavy (non-hydrogen) atoms. The second kappa shape index (κ2) is 12.7. The molecule has 2 aromatic carbocycles. The van der Waals surface area contributed by atoms with Crippen molar-refractivity contribution in [2.24, 2.45) is 0 Å². The molecule has 0 bridgehead atoms. The first-order chi connectivity index (χ1) is 17.6. The quantitative estimate of drug-likeness (QED) is 0.103. The summed E-state index contributed by atoms with van der Waals surface area (Å²) in [6, 6.07) is 15.7. The number of nitrogens with zero attached hydrogens (tertiary/aromatic N) is 2. The SMILES string of the molecule is CCCCCCCCOc1ccc(-c2nnc(-c3ccc(O[C@@]4(OC(C)=O)C=CCC4)cc3)s2)cc1. The molecule has 1 aromatic heterocycles. The summed E-state index contributed by atoms with van der Waals surface area (Å²) in [5.41, 5.74) is 1.97. The third kappa shape index (κ3) is 7.17. The number of benzene rings is 2. The van der Waals surface area contributed by atoms with Crippen LogP contribution in [0.4, 0.5) is 0 Å². The van der Waals surface area contributed by atoms with Gasteiger partial charge in [0.05, 0.1) is 6.61 Å². The van der Waals surface area contributed by atoms with E-state index in [1.165, 1.54) is 50.4 Å². The van der Waals surface area contributed by atoms with Gasteiger partial charge in [-0.25, -0.2) is 0 Å². The van der Waals surface area contributed by atoms with Crippen LogP contribution in [0.2, 0.25) is 0 Å². The van der Waals surface area contributed by atoms with Crippen molar-refractivity contribution >= 4 is 17.3 Å². The third-order valence-electron chi connectivity index (χ3n) is 6.03. The van der Waals surface area contributed by atoms with Crippen molar-refractivity contribution in [1.82, 2.24) is 10.2 Å². The molecule has 0 aliphatic heterocycles. The third-order valence-corrected chi connectivity index (χ3v) is 7.05. The predicted molar refractivity (Wildman–Crippen MR) is 143 cm³/mol. The fraction of sp³-hybridized carbons (Fsp3) is 0.414. The molecular weight excluding hydrogens is 472 g/mol. The van der Waals surface area contributed by atoms with Crippen LogP contribution in [0.3, 0.4) is 0 Å². The monoisotopic (exact) mass is 506 g/mol. The summed E-state index contributed by atoms with van der Waals surface area (Å²) in [5, 5.41) is 10.4. The molecule has 1 aliphatic rings. The molecule has 0 unspecified atom stereocenters. The molecule has 0 N–H and O–H groups in total. The van der Waals surface area contributed by atoms with Crippen molar-refractivity contribution in [2.45, 2.75) is 71.0 Å². The molecule has 1 atom stereocenters. The highest BCUT2D eigenvalue weighted by Gasteiger charge is 2.35. The number of carbonyl (C=O) groups is 1. The summed E-state index contributed by atoms with van der Waals surface area (Å²) in [6.07, 6.45) is 12.7. The molecule has 0 fully saturated rings. The lowest BCUT2D eigenvalue weighted by Gasteiger charge is -2.27. The average molecular weight is 507 g/mol. The van der Waals surface area contributed by atoms with Gasteiger partial charge >= 0.3 is 5.97 Å². The van der Waals surface area contributed by atoms with Crippen LogP contribution in [0.5, 0.6) is 11.5 Å². The normalized spacial score (nSPS) is 16.7. The second-order valence-corrected chi connectivity index (χ2v) is 10.0.